The Morgan fingerprint density at radius 2 is 0.794 bits per heavy atom. The number of amides is 1. The van der Waals surface area contributed by atoms with Crippen molar-refractivity contribution in [2.24, 2.45) is 0 Å². The molecule has 3 aliphatic heterocycles. The van der Waals surface area contributed by atoms with Gasteiger partial charge in [0.05, 0.1) is 74.8 Å². The Balaban J connectivity index is 0.000000267. The Hall–Kier alpha value is -4.99. The molecule has 126 heavy (non-hydrogen) atoms. The Morgan fingerprint density at radius 1 is 0.468 bits per heavy atom. The van der Waals surface area contributed by atoms with Crippen LogP contribution in [0, 0.1) is 10.7 Å². The molecule has 9 aromatic rings. The number of aliphatic carboxylic acids is 2. The quantitative estimate of drug-likeness (QED) is 0.0377. The van der Waals surface area contributed by atoms with Crippen LogP contribution in [-0.4, -0.2) is 161 Å². The number of carboxylic acids is 2. The van der Waals surface area contributed by atoms with Crippen molar-refractivity contribution < 1.29 is 88.5 Å². The first-order chi connectivity index (χ1) is 58.5. The number of carbonyl (C=O) groups excluding carboxylic acids is 3. The number of aliphatic hydroxyl groups excluding tert-OH is 1. The molecule has 9 aromatic carbocycles. The number of aliphatic hydroxyl groups is 1. The van der Waals surface area contributed by atoms with Crippen molar-refractivity contribution in [2.45, 2.75) is 163 Å². The van der Waals surface area contributed by atoms with E-state index in [4.69, 9.17) is 99.1 Å². The SMILES string of the molecule is C1CCOC1.CCN(C(C)C)C(C)C.CO.COC(=O)C1(c2ccc(I)cc2)CC1.COC(=O)C1(c2ccccc2)CC1.Cl.Clc1ccc(C2CNCCN2c2ccc(Cl)cc2Cl)cc1.O=C(N1CCN(c2ccc(Cl)cc2Cl)C(c2ccc(Cl)cc2)C1)C1(c2ccc(I)cc2)CC1.O=C(O)C1(c2ccc(I)cc2)CC1.O=C(O)C1(c2ccccc2)CC1.[B].[Na+].[OH-]. The zero-order valence-electron chi connectivity index (χ0n) is 72.7. The molecule has 0 spiro atoms. The number of hydrogen-bond acceptors (Lipinski definition) is 14. The summed E-state index contributed by atoms with van der Waals surface area (Å²) in [5.41, 5.74) is 7.34. The summed E-state index contributed by atoms with van der Waals surface area (Å²) >= 11 is 44.0. The summed E-state index contributed by atoms with van der Waals surface area (Å²) in [6.45, 7) is 19.0. The van der Waals surface area contributed by atoms with Gasteiger partial charge in [-0.3, -0.25) is 28.9 Å². The normalized spacial score (nSPS) is 17.5. The van der Waals surface area contributed by atoms with Gasteiger partial charge >= 0.3 is 53.4 Å². The molecule has 1 amide bonds. The van der Waals surface area contributed by atoms with Gasteiger partial charge in [0.2, 0.25) is 5.91 Å². The van der Waals surface area contributed by atoms with Crippen LogP contribution in [0.4, 0.5) is 11.4 Å². The first-order valence-corrected chi connectivity index (χ1v) is 46.8. The molecule has 29 heteroatoms. The monoisotopic (exact) mass is 2200 g/mol. The molecule has 0 aromatic heterocycles. The number of rotatable bonds is 17. The number of halogens is 10. The molecule has 17 rings (SSSR count). The maximum Gasteiger partial charge on any atom is 1.00 e. The molecule has 2 unspecified atom stereocenters. The summed E-state index contributed by atoms with van der Waals surface area (Å²) < 4.78 is 18.1. The second-order valence-electron chi connectivity index (χ2n) is 31.8. The van der Waals surface area contributed by atoms with E-state index in [2.05, 4.69) is 159 Å². The van der Waals surface area contributed by atoms with Crippen molar-refractivity contribution in [1.29, 1.82) is 0 Å². The van der Waals surface area contributed by atoms with Crippen LogP contribution in [0.3, 0.4) is 0 Å². The minimum absolute atomic E-state index is 0. The van der Waals surface area contributed by atoms with Crippen molar-refractivity contribution >= 4 is 199 Å². The third-order valence-electron chi connectivity index (χ3n) is 23.4. The number of nitrogens with one attached hydrogen (secondary N) is 1. The van der Waals surface area contributed by atoms with Crippen LogP contribution in [0.15, 0.2) is 218 Å². The number of methoxy groups -OCH3 is 2. The molecular formula is C97H112BCl7I3N5NaO12. The van der Waals surface area contributed by atoms with E-state index >= 15 is 0 Å². The minimum Gasteiger partial charge on any atom is -0.870 e. The molecule has 5 N–H and O–H groups in total. The van der Waals surface area contributed by atoms with E-state index in [-0.39, 0.29) is 102 Å². The molecule has 0 bridgehead atoms. The maximum atomic E-state index is 13.8. The first kappa shape index (κ1) is 112. The van der Waals surface area contributed by atoms with Crippen LogP contribution >= 0.6 is 150 Å². The standard InChI is InChI=1S/C26H22Cl3IN2O.C16H15Cl3N2.C11H11IO2.C11H12O2.C10H9IO2.C10H10O2.C8H19N.C4H8O.CH4O.B.ClH.Na.H2O/c27-19-5-1-17(2-6-19)24-16-31(13-14-32(24)23-10-7-20(28)15-22(23)29)25(33)26(11-12-26)18-3-8-21(30)9-4-18;17-12-3-1-11(2-4-12)16-10-20-7-8-21(16)15-6-5-13(18)9-14(15)19;1-14-10(13)11(6-7-11)8-2-4-9(12)5-3-8;1-13-10(12)11(7-8-11)9-5-3-2-4-6-9;11-8-3-1-7(2-4-8)10(5-6-10)9(12)13;11-9(12)10(6-7-10)8-4-2-1-3-5-8;1-6-9(7(2)3)8(4)5;1-2-4-5-3-1;1-2;;;;/h1-10,15,24H,11-14,16H2;1-6,9,16,20H,7-8,10H2;2-5H,6-7H2,1H3;2-6H,7-8H2,1H3;1-4H,5-6H2,(H,12,13);1-5H,6-7H2,(H,11,12);7-8H,6H2,1-5H3;1-4H2;2H,1H3;;1H;;1H2/q;;;;;;;;;;;+1;/p-1. The predicted octanol–water partition coefficient (Wildman–Crippen LogP) is 20.2. The van der Waals surface area contributed by atoms with Gasteiger partial charge in [-0.1, -0.05) is 198 Å². The Morgan fingerprint density at radius 3 is 1.10 bits per heavy atom. The number of piperazine rings is 2. The molecule has 3 heterocycles. The van der Waals surface area contributed by atoms with Gasteiger partial charge in [-0.25, -0.2) is 0 Å². The summed E-state index contributed by atoms with van der Waals surface area (Å²) in [6.07, 6.45) is 11.2. The molecule has 17 nitrogen and oxygen atoms in total. The number of carbonyl (C=O) groups is 5. The van der Waals surface area contributed by atoms with E-state index in [1.54, 1.807) is 12.1 Å². The fraction of sp³-hybridized carbons (Fsp3) is 0.392. The summed E-state index contributed by atoms with van der Waals surface area (Å²) in [6, 6.07) is 72.2. The molecular weight excluding hydrogens is 2090 g/mol. The Labute approximate surface area is 845 Å². The minimum atomic E-state index is -0.686. The van der Waals surface area contributed by atoms with E-state index in [0.717, 1.165) is 164 Å². The first-order valence-electron chi connectivity index (χ1n) is 41.3. The van der Waals surface area contributed by atoms with E-state index in [9.17, 15) is 24.0 Å². The average molecular weight is 2200 g/mol. The summed E-state index contributed by atoms with van der Waals surface area (Å²) in [4.78, 5) is 67.8. The second kappa shape index (κ2) is 53.0. The predicted molar refractivity (Wildman–Crippen MR) is 535 cm³/mol. The van der Waals surface area contributed by atoms with Crippen molar-refractivity contribution in [1.82, 2.24) is 15.1 Å². The molecule has 3 radical (unpaired) electrons. The van der Waals surface area contributed by atoms with Crippen LogP contribution in [0.25, 0.3) is 0 Å². The van der Waals surface area contributed by atoms with Gasteiger partial charge in [-0.2, -0.15) is 0 Å². The fourth-order valence-electron chi connectivity index (χ4n) is 15.7. The van der Waals surface area contributed by atoms with Gasteiger partial charge in [0.25, 0.3) is 0 Å². The zero-order chi connectivity index (χ0) is 88.5. The molecule has 5 aliphatic carbocycles. The fourth-order valence-corrected chi connectivity index (χ4v) is 18.1. The van der Waals surface area contributed by atoms with Crippen LogP contribution in [0.1, 0.15) is 163 Å². The van der Waals surface area contributed by atoms with Gasteiger partial charge in [-0.05, 0) is 315 Å². The molecule has 2 atom stereocenters. The number of esters is 2. The molecule has 3 saturated heterocycles. The smallest absolute Gasteiger partial charge is 0.870 e. The number of hydrogen-bond donors (Lipinski definition) is 4. The van der Waals surface area contributed by atoms with Crippen molar-refractivity contribution in [3.8, 4) is 0 Å². The molecule has 8 fully saturated rings. The van der Waals surface area contributed by atoms with Gasteiger partial charge in [0.1, 0.15) is 0 Å². The summed E-state index contributed by atoms with van der Waals surface area (Å²) in [5.74, 6) is -1.34. The van der Waals surface area contributed by atoms with Crippen LogP contribution in [-0.2, 0) is 65.3 Å². The topological polar surface area (TPSA) is 229 Å². The van der Waals surface area contributed by atoms with E-state index in [1.165, 1.54) is 39.8 Å². The van der Waals surface area contributed by atoms with E-state index in [0.29, 0.717) is 56.8 Å². The van der Waals surface area contributed by atoms with Gasteiger partial charge in [-0.15, -0.1) is 12.4 Å². The van der Waals surface area contributed by atoms with Crippen LogP contribution < -0.4 is 44.7 Å². The zero-order valence-corrected chi connectivity index (χ0v) is 86.5. The number of anilines is 2. The maximum absolute atomic E-state index is 13.8. The average Bonchev–Trinajstić information content (AvgIpc) is 1.56. The summed E-state index contributed by atoms with van der Waals surface area (Å²) in [7, 11) is 3.90. The van der Waals surface area contributed by atoms with Crippen molar-refractivity contribution in [3.05, 3.63) is 298 Å². The molecule has 671 valence electrons. The number of carboxylic acid groups (broad SMARTS) is 2. The second-order valence-corrected chi connectivity index (χ2v) is 38.1. The summed E-state index contributed by atoms with van der Waals surface area (Å²) in [5, 5.41) is 32.4. The molecule has 5 saturated carbocycles. The van der Waals surface area contributed by atoms with Crippen LogP contribution in [0.5, 0.6) is 0 Å². The third-order valence-corrected chi connectivity index (χ3v) is 27.1. The van der Waals surface area contributed by atoms with Crippen molar-refractivity contribution in [3.63, 3.8) is 0 Å². The van der Waals surface area contributed by atoms with Gasteiger partial charge in [0, 0.05) is 111 Å². The van der Waals surface area contributed by atoms with Crippen molar-refractivity contribution in [2.75, 3.05) is 90.2 Å². The Bertz CT molecular complexity index is 4860. The number of nitrogens with zero attached hydrogens (tertiary/aromatic N) is 4. The molecule has 8 aliphatic rings. The van der Waals surface area contributed by atoms with Gasteiger partial charge in [0.15, 0.2) is 0 Å². The van der Waals surface area contributed by atoms with E-state index in [1.807, 2.05) is 175 Å². The number of ether oxygens (including phenoxy) is 3. The Kier molecular flexibility index (Phi) is 47.0. The third kappa shape index (κ3) is 30.0. The largest absolute Gasteiger partial charge is 1.00 e. The van der Waals surface area contributed by atoms with Gasteiger partial charge < -0.3 is 55.0 Å². The van der Waals surface area contributed by atoms with Crippen LogP contribution in [0.2, 0.25) is 30.1 Å². The van der Waals surface area contributed by atoms with E-state index < -0.39 is 22.8 Å². The number of benzene rings is 9.